The number of hydrogen-bond acceptors (Lipinski definition) is 3. The summed E-state index contributed by atoms with van der Waals surface area (Å²) in [6.45, 7) is 3.06. The van der Waals surface area contributed by atoms with Gasteiger partial charge in [-0.25, -0.2) is 0 Å². The van der Waals surface area contributed by atoms with Gasteiger partial charge in [-0.15, -0.1) is 0 Å². The summed E-state index contributed by atoms with van der Waals surface area (Å²) in [5.74, 6) is 1.78. The van der Waals surface area contributed by atoms with Crippen molar-refractivity contribution in [2.75, 3.05) is 6.54 Å². The van der Waals surface area contributed by atoms with Crippen LogP contribution in [-0.2, 0) is 0 Å². The minimum Gasteiger partial charge on any atom is -0.467 e. The van der Waals surface area contributed by atoms with E-state index < -0.39 is 0 Å². The maximum atomic E-state index is 5.93. The highest BCUT2D eigenvalue weighted by molar-refractivity contribution is 5.77. The molecule has 0 amide bonds. The third-order valence-electron chi connectivity index (χ3n) is 3.16. The summed E-state index contributed by atoms with van der Waals surface area (Å²) in [6.07, 6.45) is 2.76. The molecule has 2 aromatic heterocycles. The fraction of sp³-hybridized carbons (Fsp3) is 0.250. The van der Waals surface area contributed by atoms with Crippen LogP contribution in [0, 0.1) is 0 Å². The molecule has 1 unspecified atom stereocenters. The Morgan fingerprint density at radius 3 is 2.74 bits per heavy atom. The summed E-state index contributed by atoms with van der Waals surface area (Å²) in [4.78, 5) is 0. The fourth-order valence-electron chi connectivity index (χ4n) is 2.23. The number of hydrogen-bond donors (Lipinski definition) is 1. The second kappa shape index (κ2) is 5.33. The normalized spacial score (nSPS) is 12.9. The van der Waals surface area contributed by atoms with Crippen molar-refractivity contribution in [3.05, 3.63) is 60.2 Å². The largest absolute Gasteiger partial charge is 0.467 e. The van der Waals surface area contributed by atoms with Crippen LogP contribution >= 0.6 is 0 Å². The number of furan rings is 2. The predicted molar refractivity (Wildman–Crippen MR) is 75.1 cm³/mol. The summed E-state index contributed by atoms with van der Waals surface area (Å²) >= 11 is 0. The molecule has 98 valence electrons. The standard InChI is InChI=1S/C16H17NO2/c1-2-9-17-16(14-8-5-10-18-14)15-11-12-6-3-4-7-13(12)19-15/h3-8,10-11,16-17H,2,9H2,1H3. The Labute approximate surface area is 112 Å². The van der Waals surface area contributed by atoms with Crippen molar-refractivity contribution < 1.29 is 8.83 Å². The average molecular weight is 255 g/mol. The predicted octanol–water partition coefficient (Wildman–Crippen LogP) is 4.11. The van der Waals surface area contributed by atoms with Gasteiger partial charge in [0.1, 0.15) is 23.1 Å². The zero-order chi connectivity index (χ0) is 13.1. The molecule has 0 fully saturated rings. The van der Waals surface area contributed by atoms with Gasteiger partial charge in [0, 0.05) is 5.39 Å². The van der Waals surface area contributed by atoms with Crippen LogP contribution in [0.3, 0.4) is 0 Å². The Kier molecular flexibility index (Phi) is 3.38. The van der Waals surface area contributed by atoms with E-state index in [0.717, 1.165) is 35.5 Å². The van der Waals surface area contributed by atoms with Crippen molar-refractivity contribution >= 4 is 11.0 Å². The van der Waals surface area contributed by atoms with Gasteiger partial charge in [0.2, 0.25) is 0 Å². The van der Waals surface area contributed by atoms with Gasteiger partial charge in [0.05, 0.1) is 6.26 Å². The molecule has 0 saturated heterocycles. The Morgan fingerprint density at radius 1 is 1.11 bits per heavy atom. The lowest BCUT2D eigenvalue weighted by atomic mass is 10.1. The van der Waals surface area contributed by atoms with Crippen LogP contribution in [0.15, 0.2) is 57.6 Å². The second-order valence-corrected chi connectivity index (χ2v) is 4.59. The van der Waals surface area contributed by atoms with Crippen molar-refractivity contribution in [1.29, 1.82) is 0 Å². The molecule has 3 aromatic rings. The molecular formula is C16H17NO2. The first kappa shape index (κ1) is 12.1. The molecule has 1 atom stereocenters. The minimum atomic E-state index is -0.0256. The van der Waals surface area contributed by atoms with E-state index in [1.54, 1.807) is 6.26 Å². The van der Waals surface area contributed by atoms with Gasteiger partial charge in [-0.3, -0.25) is 0 Å². The lowest BCUT2D eigenvalue weighted by Gasteiger charge is -2.13. The van der Waals surface area contributed by atoms with E-state index in [0.29, 0.717) is 0 Å². The molecule has 1 N–H and O–H groups in total. The number of fused-ring (bicyclic) bond motifs is 1. The van der Waals surface area contributed by atoms with Crippen LogP contribution in [0.4, 0.5) is 0 Å². The Hall–Kier alpha value is -2.00. The number of para-hydroxylation sites is 1. The van der Waals surface area contributed by atoms with Crippen LogP contribution < -0.4 is 5.32 Å². The van der Waals surface area contributed by atoms with Crippen LogP contribution in [0.2, 0.25) is 0 Å². The SMILES string of the molecule is CCCNC(c1ccco1)c1cc2ccccc2o1. The summed E-state index contributed by atoms with van der Waals surface area (Å²) in [5.41, 5.74) is 0.910. The summed E-state index contributed by atoms with van der Waals surface area (Å²) < 4.78 is 11.4. The highest BCUT2D eigenvalue weighted by Gasteiger charge is 2.20. The fourth-order valence-corrected chi connectivity index (χ4v) is 2.23. The molecule has 3 nitrogen and oxygen atoms in total. The van der Waals surface area contributed by atoms with Crippen molar-refractivity contribution in [3.63, 3.8) is 0 Å². The molecule has 2 heterocycles. The van der Waals surface area contributed by atoms with E-state index in [4.69, 9.17) is 8.83 Å². The van der Waals surface area contributed by atoms with Gasteiger partial charge in [-0.05, 0) is 37.2 Å². The number of nitrogens with one attached hydrogen (secondary N) is 1. The molecule has 1 aromatic carbocycles. The molecule has 19 heavy (non-hydrogen) atoms. The van der Waals surface area contributed by atoms with Crippen molar-refractivity contribution in [2.24, 2.45) is 0 Å². The zero-order valence-corrected chi connectivity index (χ0v) is 10.9. The van der Waals surface area contributed by atoms with Crippen molar-refractivity contribution in [1.82, 2.24) is 5.32 Å². The van der Waals surface area contributed by atoms with E-state index in [2.05, 4.69) is 24.4 Å². The van der Waals surface area contributed by atoms with Crippen molar-refractivity contribution in [2.45, 2.75) is 19.4 Å². The van der Waals surface area contributed by atoms with E-state index in [9.17, 15) is 0 Å². The van der Waals surface area contributed by atoms with E-state index in [1.807, 2.05) is 30.3 Å². The second-order valence-electron chi connectivity index (χ2n) is 4.59. The number of rotatable bonds is 5. The first-order valence-corrected chi connectivity index (χ1v) is 6.63. The quantitative estimate of drug-likeness (QED) is 0.745. The lowest BCUT2D eigenvalue weighted by molar-refractivity contribution is 0.399. The van der Waals surface area contributed by atoms with Gasteiger partial charge in [-0.1, -0.05) is 25.1 Å². The van der Waals surface area contributed by atoms with Crippen molar-refractivity contribution in [3.8, 4) is 0 Å². The lowest BCUT2D eigenvalue weighted by Crippen LogP contribution is -2.22. The third-order valence-corrected chi connectivity index (χ3v) is 3.16. The summed E-state index contributed by atoms with van der Waals surface area (Å²) in [5, 5.41) is 4.58. The van der Waals surface area contributed by atoms with Crippen LogP contribution in [0.25, 0.3) is 11.0 Å². The maximum absolute atomic E-state index is 5.93. The molecule has 0 aliphatic heterocycles. The highest BCUT2D eigenvalue weighted by Crippen LogP contribution is 2.28. The van der Waals surface area contributed by atoms with Gasteiger partial charge in [-0.2, -0.15) is 0 Å². The molecule has 0 bridgehead atoms. The topological polar surface area (TPSA) is 38.3 Å². The zero-order valence-electron chi connectivity index (χ0n) is 10.9. The third kappa shape index (κ3) is 2.42. The maximum Gasteiger partial charge on any atom is 0.134 e. The number of benzene rings is 1. The van der Waals surface area contributed by atoms with Gasteiger partial charge < -0.3 is 14.2 Å². The molecule has 3 heteroatoms. The van der Waals surface area contributed by atoms with E-state index in [1.165, 1.54) is 0 Å². The minimum absolute atomic E-state index is 0.0256. The first-order chi connectivity index (χ1) is 9.38. The Balaban J connectivity index is 1.98. The molecule has 0 aliphatic rings. The summed E-state index contributed by atoms with van der Waals surface area (Å²) in [7, 11) is 0. The van der Waals surface area contributed by atoms with Gasteiger partial charge >= 0.3 is 0 Å². The Bertz CT molecular complexity index is 607. The smallest absolute Gasteiger partial charge is 0.134 e. The molecule has 0 radical (unpaired) electrons. The molecule has 0 saturated carbocycles. The van der Waals surface area contributed by atoms with Gasteiger partial charge in [0.15, 0.2) is 0 Å². The van der Waals surface area contributed by atoms with Crippen LogP contribution in [0.1, 0.15) is 30.9 Å². The molecule has 0 aliphatic carbocycles. The molecule has 0 spiro atoms. The average Bonchev–Trinajstić information content (AvgIpc) is 3.08. The first-order valence-electron chi connectivity index (χ1n) is 6.63. The van der Waals surface area contributed by atoms with Gasteiger partial charge in [0.25, 0.3) is 0 Å². The van der Waals surface area contributed by atoms with Crippen LogP contribution in [-0.4, -0.2) is 6.54 Å². The van der Waals surface area contributed by atoms with E-state index in [-0.39, 0.29) is 6.04 Å². The van der Waals surface area contributed by atoms with Crippen LogP contribution in [0.5, 0.6) is 0 Å². The monoisotopic (exact) mass is 255 g/mol. The molecular weight excluding hydrogens is 238 g/mol. The highest BCUT2D eigenvalue weighted by atomic mass is 16.4. The molecule has 3 rings (SSSR count). The summed E-state index contributed by atoms with van der Waals surface area (Å²) in [6, 6.07) is 14.0. The Morgan fingerprint density at radius 2 is 2.00 bits per heavy atom. The van der Waals surface area contributed by atoms with E-state index >= 15 is 0 Å².